The van der Waals surface area contributed by atoms with Crippen molar-refractivity contribution < 1.29 is 9.59 Å². The number of halogens is 1. The van der Waals surface area contributed by atoms with E-state index in [1.807, 2.05) is 93.6 Å². The Morgan fingerprint density at radius 3 is 2.26 bits per heavy atom. The molecule has 0 aliphatic rings. The van der Waals surface area contributed by atoms with Crippen molar-refractivity contribution in [2.24, 2.45) is 0 Å². The van der Waals surface area contributed by atoms with Gasteiger partial charge in [-0.25, -0.2) is 0 Å². The highest BCUT2D eigenvalue weighted by atomic mass is 35.5. The molecule has 3 rings (SSSR count). The van der Waals surface area contributed by atoms with Crippen molar-refractivity contribution in [2.45, 2.75) is 50.7 Å². The van der Waals surface area contributed by atoms with Gasteiger partial charge < -0.3 is 10.2 Å². The highest BCUT2D eigenvalue weighted by molar-refractivity contribution is 8.00. The van der Waals surface area contributed by atoms with Gasteiger partial charge in [-0.15, -0.1) is 11.8 Å². The van der Waals surface area contributed by atoms with Crippen LogP contribution in [0.15, 0.2) is 83.8 Å². The number of carbonyl (C=O) groups is 2. The smallest absolute Gasteiger partial charge is 0.243 e. The third kappa shape index (κ3) is 7.93. The lowest BCUT2D eigenvalue weighted by Gasteiger charge is -2.32. The fraction of sp³-hybridized carbons (Fsp3) is 0.286. The molecule has 0 unspecified atom stereocenters. The van der Waals surface area contributed by atoms with Crippen LogP contribution in [0.25, 0.3) is 0 Å². The topological polar surface area (TPSA) is 49.4 Å². The molecule has 0 aliphatic heterocycles. The summed E-state index contributed by atoms with van der Waals surface area (Å²) in [5.74, 6) is 0.00545. The molecule has 0 saturated heterocycles. The Labute approximate surface area is 211 Å². The SMILES string of the molecule is Cc1cccc(CN(C(=O)CSc2ccc(Cl)cc2)[C@@H](Cc2ccccc2)C(=O)NC(C)C)c1. The zero-order chi connectivity index (χ0) is 24.5. The van der Waals surface area contributed by atoms with E-state index >= 15 is 0 Å². The van der Waals surface area contributed by atoms with Crippen LogP contribution in [0.4, 0.5) is 0 Å². The normalized spacial score (nSPS) is 11.8. The first-order chi connectivity index (χ1) is 16.3. The lowest BCUT2D eigenvalue weighted by molar-refractivity contribution is -0.139. The molecule has 3 aromatic carbocycles. The van der Waals surface area contributed by atoms with Gasteiger partial charge in [-0.1, -0.05) is 71.8 Å². The Bertz CT molecular complexity index is 1090. The van der Waals surface area contributed by atoms with Gasteiger partial charge in [0.05, 0.1) is 5.75 Å². The molecule has 1 atom stereocenters. The first-order valence-corrected chi connectivity index (χ1v) is 12.8. The van der Waals surface area contributed by atoms with E-state index < -0.39 is 6.04 Å². The zero-order valence-corrected chi connectivity index (χ0v) is 21.4. The number of thioether (sulfide) groups is 1. The van der Waals surface area contributed by atoms with Gasteiger partial charge in [-0.05, 0) is 56.2 Å². The number of benzene rings is 3. The zero-order valence-electron chi connectivity index (χ0n) is 19.8. The van der Waals surface area contributed by atoms with Gasteiger partial charge in [-0.3, -0.25) is 9.59 Å². The summed E-state index contributed by atoms with van der Waals surface area (Å²) >= 11 is 7.44. The van der Waals surface area contributed by atoms with Gasteiger partial charge in [0.15, 0.2) is 0 Å². The average Bonchev–Trinajstić information content (AvgIpc) is 2.81. The van der Waals surface area contributed by atoms with Crippen LogP contribution >= 0.6 is 23.4 Å². The Morgan fingerprint density at radius 1 is 0.941 bits per heavy atom. The van der Waals surface area contributed by atoms with Crippen LogP contribution in [0, 0.1) is 6.92 Å². The second-order valence-corrected chi connectivity index (χ2v) is 10.1. The van der Waals surface area contributed by atoms with E-state index in [2.05, 4.69) is 11.4 Å². The third-order valence-electron chi connectivity index (χ3n) is 5.31. The summed E-state index contributed by atoms with van der Waals surface area (Å²) in [4.78, 5) is 29.6. The molecule has 3 aromatic rings. The molecule has 0 aliphatic carbocycles. The lowest BCUT2D eigenvalue weighted by atomic mass is 10.0. The maximum Gasteiger partial charge on any atom is 0.243 e. The maximum atomic E-state index is 13.6. The van der Waals surface area contributed by atoms with E-state index in [-0.39, 0.29) is 23.6 Å². The van der Waals surface area contributed by atoms with Crippen molar-refractivity contribution in [3.05, 3.63) is 101 Å². The predicted octanol–water partition coefficient (Wildman–Crippen LogP) is 5.91. The minimum Gasteiger partial charge on any atom is -0.352 e. The van der Waals surface area contributed by atoms with E-state index in [0.29, 0.717) is 18.0 Å². The molecule has 0 bridgehead atoms. The minimum atomic E-state index is -0.622. The number of hydrogen-bond acceptors (Lipinski definition) is 3. The molecular weight excluding hydrogens is 464 g/mol. The van der Waals surface area contributed by atoms with Crippen LogP contribution < -0.4 is 5.32 Å². The second-order valence-electron chi connectivity index (χ2n) is 8.62. The lowest BCUT2D eigenvalue weighted by Crippen LogP contribution is -2.52. The van der Waals surface area contributed by atoms with E-state index in [1.165, 1.54) is 11.8 Å². The summed E-state index contributed by atoms with van der Waals surface area (Å²) in [6, 6.07) is 24.7. The van der Waals surface area contributed by atoms with Gasteiger partial charge in [0.1, 0.15) is 6.04 Å². The van der Waals surface area contributed by atoms with Crippen LogP contribution in [0.5, 0.6) is 0 Å². The van der Waals surface area contributed by atoms with E-state index in [1.54, 1.807) is 4.90 Å². The molecule has 0 fully saturated rings. The Kier molecular flexibility index (Phi) is 9.61. The number of hydrogen-bond donors (Lipinski definition) is 1. The van der Waals surface area contributed by atoms with Crippen molar-refractivity contribution in [2.75, 3.05) is 5.75 Å². The molecule has 1 N–H and O–H groups in total. The molecular formula is C28H31ClN2O2S. The summed E-state index contributed by atoms with van der Waals surface area (Å²) in [5.41, 5.74) is 3.13. The first-order valence-electron chi connectivity index (χ1n) is 11.4. The van der Waals surface area contributed by atoms with Crippen LogP contribution in [0.2, 0.25) is 5.02 Å². The largest absolute Gasteiger partial charge is 0.352 e. The molecule has 34 heavy (non-hydrogen) atoms. The summed E-state index contributed by atoms with van der Waals surface area (Å²) in [6.45, 7) is 6.25. The molecule has 0 aromatic heterocycles. The van der Waals surface area contributed by atoms with E-state index in [9.17, 15) is 9.59 Å². The monoisotopic (exact) mass is 494 g/mol. The molecule has 0 saturated carbocycles. The third-order valence-corrected chi connectivity index (χ3v) is 6.56. The summed E-state index contributed by atoms with van der Waals surface area (Å²) in [6.07, 6.45) is 0.447. The molecule has 178 valence electrons. The molecule has 0 radical (unpaired) electrons. The van der Waals surface area contributed by atoms with Crippen molar-refractivity contribution >= 4 is 35.2 Å². The van der Waals surface area contributed by atoms with Crippen molar-refractivity contribution in [1.29, 1.82) is 0 Å². The fourth-order valence-electron chi connectivity index (χ4n) is 3.70. The number of nitrogens with zero attached hydrogens (tertiary/aromatic N) is 1. The molecule has 0 heterocycles. The number of carbonyl (C=O) groups excluding carboxylic acids is 2. The van der Waals surface area contributed by atoms with E-state index in [0.717, 1.165) is 21.6 Å². The van der Waals surface area contributed by atoms with Crippen LogP contribution in [0.3, 0.4) is 0 Å². The second kappa shape index (κ2) is 12.6. The maximum absolute atomic E-state index is 13.6. The van der Waals surface area contributed by atoms with Crippen LogP contribution in [-0.2, 0) is 22.6 Å². The van der Waals surface area contributed by atoms with E-state index in [4.69, 9.17) is 11.6 Å². The van der Waals surface area contributed by atoms with Crippen molar-refractivity contribution in [3.8, 4) is 0 Å². The number of rotatable bonds is 10. The van der Waals surface area contributed by atoms with Gasteiger partial charge in [0.2, 0.25) is 11.8 Å². The molecule has 6 heteroatoms. The Morgan fingerprint density at radius 2 is 1.62 bits per heavy atom. The number of nitrogens with one attached hydrogen (secondary N) is 1. The highest BCUT2D eigenvalue weighted by Gasteiger charge is 2.30. The molecule has 4 nitrogen and oxygen atoms in total. The predicted molar refractivity (Wildman–Crippen MR) is 141 cm³/mol. The van der Waals surface area contributed by atoms with Crippen molar-refractivity contribution in [3.63, 3.8) is 0 Å². The quantitative estimate of drug-likeness (QED) is 0.357. The summed E-state index contributed by atoms with van der Waals surface area (Å²) < 4.78 is 0. The highest BCUT2D eigenvalue weighted by Crippen LogP contribution is 2.23. The van der Waals surface area contributed by atoms with Crippen LogP contribution in [0.1, 0.15) is 30.5 Å². The molecule has 0 spiro atoms. The Hall–Kier alpha value is -2.76. The first kappa shape index (κ1) is 25.9. The fourth-order valence-corrected chi connectivity index (χ4v) is 4.61. The van der Waals surface area contributed by atoms with Crippen molar-refractivity contribution in [1.82, 2.24) is 10.2 Å². The average molecular weight is 495 g/mol. The number of aryl methyl sites for hydroxylation is 1. The Balaban J connectivity index is 1.90. The van der Waals surface area contributed by atoms with Crippen LogP contribution in [-0.4, -0.2) is 34.6 Å². The summed E-state index contributed by atoms with van der Waals surface area (Å²) in [7, 11) is 0. The van der Waals surface area contributed by atoms with Gasteiger partial charge in [0, 0.05) is 28.9 Å². The standard InChI is InChI=1S/C28H31ClN2O2S/c1-20(2)30-28(33)26(17-22-9-5-4-6-10-22)31(18-23-11-7-8-21(3)16-23)27(32)19-34-25-14-12-24(29)13-15-25/h4-16,20,26H,17-19H2,1-3H3,(H,30,33)/t26-/m0/s1. The van der Waals surface area contributed by atoms with Gasteiger partial charge in [0.25, 0.3) is 0 Å². The summed E-state index contributed by atoms with van der Waals surface area (Å²) in [5, 5.41) is 3.68. The molecule has 2 amide bonds. The minimum absolute atomic E-state index is 0.0230. The number of amides is 2. The van der Waals surface area contributed by atoms with Gasteiger partial charge >= 0.3 is 0 Å². The van der Waals surface area contributed by atoms with Gasteiger partial charge in [-0.2, -0.15) is 0 Å².